The predicted octanol–water partition coefficient (Wildman–Crippen LogP) is 1.70. The number of para-hydroxylation sites is 1. The second-order valence-electron chi connectivity index (χ2n) is 7.23. The molecule has 1 unspecified atom stereocenters. The maximum Gasteiger partial charge on any atom is 0.204 e. The highest BCUT2D eigenvalue weighted by Gasteiger charge is 2.27. The van der Waals surface area contributed by atoms with E-state index >= 15 is 0 Å². The Hall–Kier alpha value is -2.62. The number of benzene rings is 1. The minimum atomic E-state index is -0.176. The molecule has 1 aliphatic heterocycles. The van der Waals surface area contributed by atoms with Gasteiger partial charge in [-0.2, -0.15) is 9.90 Å². The van der Waals surface area contributed by atoms with Crippen LogP contribution < -0.4 is 0 Å². The predicted molar refractivity (Wildman–Crippen MR) is 107 cm³/mol. The largest absolute Gasteiger partial charge is 0.383 e. The van der Waals surface area contributed by atoms with E-state index in [9.17, 15) is 0 Å². The lowest BCUT2D eigenvalue weighted by Crippen LogP contribution is -2.38. The number of tetrazole rings is 1. The summed E-state index contributed by atoms with van der Waals surface area (Å²) < 4.78 is 13.0. The number of nitrogens with zero attached hydrogens (tertiary/aromatic N) is 7. The van der Waals surface area contributed by atoms with Crippen LogP contribution in [0, 0.1) is 13.8 Å². The molecule has 0 N–H and O–H groups in total. The van der Waals surface area contributed by atoms with E-state index in [1.54, 1.807) is 11.9 Å². The molecule has 0 amide bonds. The van der Waals surface area contributed by atoms with Crippen LogP contribution in [0.25, 0.3) is 5.69 Å². The van der Waals surface area contributed by atoms with E-state index in [-0.39, 0.29) is 6.10 Å². The maximum atomic E-state index is 5.91. The topological polar surface area (TPSA) is 83.1 Å². The third-order valence-electron chi connectivity index (χ3n) is 5.23. The molecule has 0 spiro atoms. The van der Waals surface area contributed by atoms with Crippen LogP contribution in [0.2, 0.25) is 0 Å². The highest BCUT2D eigenvalue weighted by Crippen LogP contribution is 2.23. The van der Waals surface area contributed by atoms with Gasteiger partial charge in [-0.15, -0.1) is 10.2 Å². The number of methoxy groups -OCH3 is 1. The van der Waals surface area contributed by atoms with Crippen molar-refractivity contribution in [3.05, 3.63) is 53.1 Å². The molecular weight excluding hydrogens is 370 g/mol. The molecule has 0 bridgehead atoms. The van der Waals surface area contributed by atoms with Gasteiger partial charge < -0.3 is 9.47 Å². The fourth-order valence-electron chi connectivity index (χ4n) is 3.60. The van der Waals surface area contributed by atoms with Crippen LogP contribution in [-0.4, -0.2) is 68.3 Å². The van der Waals surface area contributed by atoms with Crippen molar-refractivity contribution in [2.75, 3.05) is 33.4 Å². The van der Waals surface area contributed by atoms with Gasteiger partial charge in [-0.1, -0.05) is 18.2 Å². The molecule has 4 rings (SSSR count). The van der Waals surface area contributed by atoms with Gasteiger partial charge in [-0.25, -0.2) is 4.68 Å². The monoisotopic (exact) mass is 397 g/mol. The second-order valence-corrected chi connectivity index (χ2v) is 7.23. The number of aromatic nitrogens is 6. The Morgan fingerprint density at radius 3 is 2.79 bits per heavy atom. The first-order valence-electron chi connectivity index (χ1n) is 9.87. The fraction of sp³-hybridized carbons (Fsp3) is 0.500. The number of hydrogen-bond acceptors (Lipinski definition) is 7. The minimum Gasteiger partial charge on any atom is -0.383 e. The Morgan fingerprint density at radius 2 is 2.00 bits per heavy atom. The molecule has 0 radical (unpaired) electrons. The van der Waals surface area contributed by atoms with Gasteiger partial charge >= 0.3 is 0 Å². The zero-order chi connectivity index (χ0) is 20.2. The molecule has 1 atom stereocenters. The van der Waals surface area contributed by atoms with E-state index in [4.69, 9.17) is 14.6 Å². The summed E-state index contributed by atoms with van der Waals surface area (Å²) in [5, 5.41) is 17.5. The summed E-state index contributed by atoms with van der Waals surface area (Å²) in [6.07, 6.45) is -0.176. The first kappa shape index (κ1) is 19.7. The quantitative estimate of drug-likeness (QED) is 0.600. The molecule has 3 heterocycles. The van der Waals surface area contributed by atoms with Crippen molar-refractivity contribution in [3.63, 3.8) is 0 Å². The lowest BCUT2D eigenvalue weighted by atomic mass is 10.1. The summed E-state index contributed by atoms with van der Waals surface area (Å²) in [6.45, 7) is 8.39. The number of hydrogen-bond donors (Lipinski definition) is 0. The third kappa shape index (κ3) is 4.36. The Balaban J connectivity index is 1.46. The summed E-state index contributed by atoms with van der Waals surface area (Å²) in [6, 6.07) is 10.2. The average Bonchev–Trinajstić information content (AvgIpc) is 3.33. The van der Waals surface area contributed by atoms with Crippen LogP contribution in [0.1, 0.15) is 28.9 Å². The zero-order valence-electron chi connectivity index (χ0n) is 17.2. The lowest BCUT2D eigenvalue weighted by molar-refractivity contribution is -0.0375. The summed E-state index contributed by atoms with van der Waals surface area (Å²) in [7, 11) is 1.66. The average molecular weight is 397 g/mol. The molecule has 1 fully saturated rings. The first-order chi connectivity index (χ1) is 14.2. The van der Waals surface area contributed by atoms with Crippen molar-refractivity contribution >= 4 is 0 Å². The van der Waals surface area contributed by atoms with Crippen molar-refractivity contribution in [3.8, 4) is 5.69 Å². The number of ether oxygens (including phenoxy) is 2. The molecule has 29 heavy (non-hydrogen) atoms. The molecule has 1 aromatic carbocycles. The second kappa shape index (κ2) is 8.81. The first-order valence-corrected chi connectivity index (χ1v) is 9.87. The van der Waals surface area contributed by atoms with Gasteiger partial charge in [0.05, 0.1) is 31.1 Å². The Labute approximate surface area is 170 Å². The highest BCUT2D eigenvalue weighted by atomic mass is 16.5. The Bertz CT molecular complexity index is 938. The molecule has 0 aliphatic carbocycles. The molecular formula is C20H27N7O2. The fourth-order valence-corrected chi connectivity index (χ4v) is 3.60. The summed E-state index contributed by atoms with van der Waals surface area (Å²) in [4.78, 5) is 3.93. The molecule has 1 aliphatic rings. The van der Waals surface area contributed by atoms with Crippen molar-refractivity contribution < 1.29 is 9.47 Å². The Morgan fingerprint density at radius 1 is 1.17 bits per heavy atom. The van der Waals surface area contributed by atoms with Crippen molar-refractivity contribution in [2.45, 2.75) is 33.0 Å². The smallest absolute Gasteiger partial charge is 0.204 e. The van der Waals surface area contributed by atoms with E-state index in [1.165, 1.54) is 11.3 Å². The zero-order valence-corrected chi connectivity index (χ0v) is 17.2. The molecule has 1 saturated heterocycles. The minimum absolute atomic E-state index is 0.176. The van der Waals surface area contributed by atoms with Gasteiger partial charge in [0.15, 0.2) is 0 Å². The van der Waals surface area contributed by atoms with Gasteiger partial charge in [-0.05, 0) is 31.2 Å². The summed E-state index contributed by atoms with van der Waals surface area (Å²) in [5.74, 6) is 0.624. The molecule has 9 nitrogen and oxygen atoms in total. The molecule has 2 aromatic heterocycles. The van der Waals surface area contributed by atoms with E-state index in [1.807, 2.05) is 22.9 Å². The van der Waals surface area contributed by atoms with E-state index in [2.05, 4.69) is 46.3 Å². The Kier molecular flexibility index (Phi) is 5.98. The molecule has 0 saturated carbocycles. The SMILES string of the molecule is COCCn1nnc(C2CN(Cc3c(C)nn(-c4ccccc4)c3C)CCO2)n1. The number of aryl methyl sites for hydroxylation is 1. The van der Waals surface area contributed by atoms with Gasteiger partial charge in [0.25, 0.3) is 0 Å². The maximum absolute atomic E-state index is 5.91. The highest BCUT2D eigenvalue weighted by molar-refractivity contribution is 5.36. The van der Waals surface area contributed by atoms with Gasteiger partial charge in [0.1, 0.15) is 6.10 Å². The molecule has 154 valence electrons. The van der Waals surface area contributed by atoms with Gasteiger partial charge in [-0.3, -0.25) is 4.90 Å². The van der Waals surface area contributed by atoms with Gasteiger partial charge in [0, 0.05) is 38.0 Å². The normalized spacial score (nSPS) is 17.7. The summed E-state index contributed by atoms with van der Waals surface area (Å²) in [5.41, 5.74) is 4.56. The van der Waals surface area contributed by atoms with Crippen molar-refractivity contribution in [1.82, 2.24) is 34.9 Å². The van der Waals surface area contributed by atoms with Crippen LogP contribution >= 0.6 is 0 Å². The standard InChI is InChI=1S/C20H27N7O2/c1-15-18(16(2)27(22-15)17-7-5-4-6-8-17)13-25-9-12-29-19(14-25)20-21-24-26(23-20)10-11-28-3/h4-8,19H,9-14H2,1-3H3. The molecule has 9 heteroatoms. The van der Waals surface area contributed by atoms with Crippen LogP contribution in [0.3, 0.4) is 0 Å². The van der Waals surface area contributed by atoms with Crippen molar-refractivity contribution in [2.24, 2.45) is 0 Å². The summed E-state index contributed by atoms with van der Waals surface area (Å²) >= 11 is 0. The number of rotatable bonds is 7. The lowest BCUT2D eigenvalue weighted by Gasteiger charge is -2.31. The van der Waals surface area contributed by atoms with E-state index in [0.717, 1.165) is 31.0 Å². The number of morpholine rings is 1. The van der Waals surface area contributed by atoms with Crippen LogP contribution in [0.4, 0.5) is 0 Å². The van der Waals surface area contributed by atoms with Crippen LogP contribution in [0.15, 0.2) is 30.3 Å². The third-order valence-corrected chi connectivity index (χ3v) is 5.23. The van der Waals surface area contributed by atoms with Crippen molar-refractivity contribution in [1.29, 1.82) is 0 Å². The molecule has 3 aromatic rings. The van der Waals surface area contributed by atoms with Crippen LogP contribution in [0.5, 0.6) is 0 Å². The van der Waals surface area contributed by atoms with E-state index in [0.29, 0.717) is 25.6 Å². The van der Waals surface area contributed by atoms with E-state index < -0.39 is 0 Å². The van der Waals surface area contributed by atoms with Gasteiger partial charge in [0.2, 0.25) is 5.82 Å². The van der Waals surface area contributed by atoms with Crippen LogP contribution in [-0.2, 0) is 22.6 Å².